The summed E-state index contributed by atoms with van der Waals surface area (Å²) in [6, 6.07) is 13.0. The first-order valence-electron chi connectivity index (χ1n) is 6.89. The molecule has 0 spiro atoms. The first-order chi connectivity index (χ1) is 11.3. The number of hydroxylamine groups is 1. The van der Waals surface area contributed by atoms with E-state index in [0.29, 0.717) is 0 Å². The number of carbonyl (C=O) groups is 1. The molecule has 0 unspecified atom stereocenters. The number of hydrogen-bond acceptors (Lipinski definition) is 5. The van der Waals surface area contributed by atoms with Crippen LogP contribution in [-0.2, 0) is 26.2 Å². The molecule has 0 saturated carbocycles. The number of sulfonamides is 1. The van der Waals surface area contributed by atoms with Crippen LogP contribution < -0.4 is 0 Å². The molecule has 8 heteroatoms. The van der Waals surface area contributed by atoms with E-state index in [0.717, 1.165) is 14.5 Å². The summed E-state index contributed by atoms with van der Waals surface area (Å²) in [5, 5.41) is 0. The van der Waals surface area contributed by atoms with Gasteiger partial charge < -0.3 is 4.74 Å². The number of esters is 1. The second kappa shape index (κ2) is 7.89. The van der Waals surface area contributed by atoms with E-state index in [1.807, 2.05) is 24.3 Å². The molecule has 0 saturated heterocycles. The van der Waals surface area contributed by atoms with Gasteiger partial charge in [-0.15, -0.1) is 0 Å². The van der Waals surface area contributed by atoms with Crippen molar-refractivity contribution in [1.82, 2.24) is 4.47 Å². The molecule has 24 heavy (non-hydrogen) atoms. The maximum Gasteiger partial charge on any atom is 0.338 e. The van der Waals surface area contributed by atoms with Crippen LogP contribution in [0.4, 0.5) is 0 Å². The molecular formula is C16H16BrNO5S. The predicted molar refractivity (Wildman–Crippen MR) is 91.7 cm³/mol. The Morgan fingerprint density at radius 2 is 1.83 bits per heavy atom. The first kappa shape index (κ1) is 18.6. The predicted octanol–water partition coefficient (Wildman–Crippen LogP) is 2.99. The molecule has 0 atom stereocenters. The van der Waals surface area contributed by atoms with Gasteiger partial charge in [-0.25, -0.2) is 13.2 Å². The maximum absolute atomic E-state index is 12.2. The Labute approximate surface area is 149 Å². The fraction of sp³-hybridized carbons (Fsp3) is 0.188. The van der Waals surface area contributed by atoms with Gasteiger partial charge in [-0.1, -0.05) is 38.6 Å². The molecule has 0 aromatic heterocycles. The zero-order chi connectivity index (χ0) is 17.7. The lowest BCUT2D eigenvalue weighted by Gasteiger charge is -2.14. The largest absolute Gasteiger partial charge is 0.457 e. The lowest BCUT2D eigenvalue weighted by Crippen LogP contribution is -2.25. The summed E-state index contributed by atoms with van der Waals surface area (Å²) in [5.74, 6) is -0.602. The molecule has 0 fully saturated rings. The highest BCUT2D eigenvalue weighted by Crippen LogP contribution is 2.17. The lowest BCUT2D eigenvalue weighted by molar-refractivity contribution is -0.0258. The van der Waals surface area contributed by atoms with Crippen molar-refractivity contribution < 1.29 is 22.8 Å². The van der Waals surface area contributed by atoms with Crippen molar-refractivity contribution in [1.29, 1.82) is 0 Å². The molecule has 0 amide bonds. The Morgan fingerprint density at radius 1 is 1.17 bits per heavy atom. The summed E-state index contributed by atoms with van der Waals surface area (Å²) in [7, 11) is -1.30. The van der Waals surface area contributed by atoms with Crippen LogP contribution in [-0.4, -0.2) is 33.0 Å². The molecule has 6 nitrogen and oxygen atoms in total. The molecule has 2 aromatic carbocycles. The highest BCUT2D eigenvalue weighted by atomic mass is 79.9. The van der Waals surface area contributed by atoms with E-state index in [1.165, 1.54) is 38.4 Å². The number of nitrogens with zero attached hydrogens (tertiary/aromatic N) is 1. The third-order valence-electron chi connectivity index (χ3n) is 3.25. The van der Waals surface area contributed by atoms with Crippen LogP contribution in [0, 0.1) is 0 Å². The van der Waals surface area contributed by atoms with Gasteiger partial charge in [-0.2, -0.15) is 0 Å². The lowest BCUT2D eigenvalue weighted by atomic mass is 10.2. The number of carbonyl (C=O) groups excluding carboxylic acids is 1. The average molecular weight is 414 g/mol. The highest BCUT2D eigenvalue weighted by molar-refractivity contribution is 9.10. The third kappa shape index (κ3) is 4.41. The second-order valence-corrected chi connectivity index (χ2v) is 7.68. The summed E-state index contributed by atoms with van der Waals surface area (Å²) < 4.78 is 31.3. The van der Waals surface area contributed by atoms with Crippen molar-refractivity contribution in [2.45, 2.75) is 11.5 Å². The molecule has 0 aliphatic carbocycles. The molecule has 0 aliphatic heterocycles. The number of hydrogen-bond donors (Lipinski definition) is 0. The maximum atomic E-state index is 12.2. The Hall–Kier alpha value is -1.74. The van der Waals surface area contributed by atoms with Crippen LogP contribution in [0.2, 0.25) is 0 Å². The number of halogens is 1. The molecule has 0 bridgehead atoms. The Kier molecular flexibility index (Phi) is 6.11. The van der Waals surface area contributed by atoms with Crippen LogP contribution in [0.15, 0.2) is 57.9 Å². The van der Waals surface area contributed by atoms with Gasteiger partial charge in [0.25, 0.3) is 10.0 Å². The molecular weight excluding hydrogens is 398 g/mol. The quantitative estimate of drug-likeness (QED) is 0.537. The van der Waals surface area contributed by atoms with Crippen LogP contribution in [0.5, 0.6) is 0 Å². The van der Waals surface area contributed by atoms with E-state index in [2.05, 4.69) is 15.9 Å². The Bertz CT molecular complexity index is 821. The number of ether oxygens (including phenoxy) is 1. The zero-order valence-electron chi connectivity index (χ0n) is 13.1. The normalized spacial score (nSPS) is 11.5. The topological polar surface area (TPSA) is 72.9 Å². The highest BCUT2D eigenvalue weighted by Gasteiger charge is 2.22. The van der Waals surface area contributed by atoms with Crippen LogP contribution in [0.3, 0.4) is 0 Å². The zero-order valence-corrected chi connectivity index (χ0v) is 15.5. The van der Waals surface area contributed by atoms with Gasteiger partial charge in [0.2, 0.25) is 0 Å². The standard InChI is InChI=1S/C16H16BrNO5S/c1-18(22-2)24(20,21)15-5-3-4-13(10-15)16(19)23-11-12-6-8-14(17)9-7-12/h3-10H,11H2,1-2H3. The molecule has 0 radical (unpaired) electrons. The van der Waals surface area contributed by atoms with Gasteiger partial charge in [-0.05, 0) is 35.9 Å². The van der Waals surface area contributed by atoms with Crippen molar-refractivity contribution >= 4 is 31.9 Å². The molecule has 0 heterocycles. The second-order valence-electron chi connectivity index (χ2n) is 4.83. The van der Waals surface area contributed by atoms with Crippen molar-refractivity contribution in [2.75, 3.05) is 14.2 Å². The van der Waals surface area contributed by atoms with Crippen LogP contribution >= 0.6 is 15.9 Å². The third-order valence-corrected chi connectivity index (χ3v) is 5.45. The van der Waals surface area contributed by atoms with Crippen molar-refractivity contribution in [2.24, 2.45) is 0 Å². The smallest absolute Gasteiger partial charge is 0.338 e. The van der Waals surface area contributed by atoms with Crippen LogP contribution in [0.25, 0.3) is 0 Å². The summed E-state index contributed by atoms with van der Waals surface area (Å²) in [6.07, 6.45) is 0. The minimum atomic E-state index is -3.82. The fourth-order valence-electron chi connectivity index (χ4n) is 1.84. The van der Waals surface area contributed by atoms with E-state index >= 15 is 0 Å². The first-order valence-corrected chi connectivity index (χ1v) is 9.12. The fourth-order valence-corrected chi connectivity index (χ4v) is 3.13. The van der Waals surface area contributed by atoms with Crippen molar-refractivity contribution in [3.05, 3.63) is 64.1 Å². The number of benzene rings is 2. The van der Waals surface area contributed by atoms with Gasteiger partial charge in [0.05, 0.1) is 17.6 Å². The summed E-state index contributed by atoms with van der Waals surface area (Å²) in [6.45, 7) is 0.0983. The SMILES string of the molecule is CON(C)S(=O)(=O)c1cccc(C(=O)OCc2ccc(Br)cc2)c1. The van der Waals surface area contributed by atoms with Crippen molar-refractivity contribution in [3.8, 4) is 0 Å². The summed E-state index contributed by atoms with van der Waals surface area (Å²) in [5.41, 5.74) is 0.979. The molecule has 2 aromatic rings. The van der Waals surface area contributed by atoms with E-state index in [4.69, 9.17) is 9.57 Å². The minimum absolute atomic E-state index is 0.0510. The number of rotatable bonds is 6. The van der Waals surface area contributed by atoms with Crippen LogP contribution in [0.1, 0.15) is 15.9 Å². The summed E-state index contributed by atoms with van der Waals surface area (Å²) in [4.78, 5) is 16.8. The molecule has 0 N–H and O–H groups in total. The van der Waals surface area contributed by atoms with Crippen molar-refractivity contribution in [3.63, 3.8) is 0 Å². The molecule has 128 valence electrons. The Balaban J connectivity index is 2.13. The van der Waals surface area contributed by atoms with E-state index < -0.39 is 16.0 Å². The van der Waals surface area contributed by atoms with Gasteiger partial charge in [0.1, 0.15) is 6.61 Å². The van der Waals surface area contributed by atoms with E-state index in [-0.39, 0.29) is 17.1 Å². The van der Waals surface area contributed by atoms with Gasteiger partial charge in [-0.3, -0.25) is 4.84 Å². The van der Waals surface area contributed by atoms with Gasteiger partial charge in [0.15, 0.2) is 0 Å². The average Bonchev–Trinajstić information content (AvgIpc) is 2.60. The van der Waals surface area contributed by atoms with E-state index in [1.54, 1.807) is 0 Å². The molecule has 0 aliphatic rings. The summed E-state index contributed by atoms with van der Waals surface area (Å²) >= 11 is 3.33. The van der Waals surface area contributed by atoms with Gasteiger partial charge >= 0.3 is 5.97 Å². The van der Waals surface area contributed by atoms with E-state index in [9.17, 15) is 13.2 Å². The molecule has 2 rings (SSSR count). The van der Waals surface area contributed by atoms with Gasteiger partial charge in [0, 0.05) is 11.5 Å². The minimum Gasteiger partial charge on any atom is -0.457 e. The Morgan fingerprint density at radius 3 is 2.46 bits per heavy atom. The monoisotopic (exact) mass is 413 g/mol.